The van der Waals surface area contributed by atoms with Gasteiger partial charge in [-0.25, -0.2) is 9.97 Å². The molecule has 1 aromatic carbocycles. The molecule has 5 heteroatoms. The van der Waals surface area contributed by atoms with E-state index < -0.39 is 0 Å². The second-order valence-corrected chi connectivity index (χ2v) is 6.69. The Balaban J connectivity index is 1.57. The summed E-state index contributed by atoms with van der Waals surface area (Å²) in [6.45, 7) is 4.72. The van der Waals surface area contributed by atoms with Gasteiger partial charge in [0.2, 0.25) is 0 Å². The molecule has 0 fully saturated rings. The first-order valence-corrected chi connectivity index (χ1v) is 9.01. The summed E-state index contributed by atoms with van der Waals surface area (Å²) in [5, 5.41) is 0.534. The molecule has 0 aliphatic carbocycles. The normalized spacial score (nSPS) is 14.5. The SMILES string of the molecule is CCc1ccc(-c2nc(Cl)c3c(n2)CCN(Cc2ccccc2)C3)o1. The highest BCUT2D eigenvalue weighted by Gasteiger charge is 2.23. The summed E-state index contributed by atoms with van der Waals surface area (Å²) in [5.74, 6) is 2.20. The zero-order chi connectivity index (χ0) is 17.2. The van der Waals surface area contributed by atoms with E-state index >= 15 is 0 Å². The molecular formula is C20H20ClN3O. The summed E-state index contributed by atoms with van der Waals surface area (Å²) in [5.41, 5.74) is 3.38. The molecule has 4 nitrogen and oxygen atoms in total. The largest absolute Gasteiger partial charge is 0.458 e. The molecule has 2 aromatic heterocycles. The van der Waals surface area contributed by atoms with E-state index in [2.05, 4.69) is 41.1 Å². The summed E-state index contributed by atoms with van der Waals surface area (Å²) >= 11 is 6.49. The monoisotopic (exact) mass is 353 g/mol. The van der Waals surface area contributed by atoms with Gasteiger partial charge >= 0.3 is 0 Å². The first-order valence-electron chi connectivity index (χ1n) is 8.63. The summed E-state index contributed by atoms with van der Waals surface area (Å²) in [6, 6.07) is 14.4. The van der Waals surface area contributed by atoms with Crippen LogP contribution in [0.5, 0.6) is 0 Å². The quantitative estimate of drug-likeness (QED) is 0.647. The molecule has 0 saturated carbocycles. The Kier molecular flexibility index (Phi) is 4.55. The van der Waals surface area contributed by atoms with Crippen LogP contribution in [-0.4, -0.2) is 21.4 Å². The molecule has 0 amide bonds. The fourth-order valence-electron chi connectivity index (χ4n) is 3.20. The number of fused-ring (bicyclic) bond motifs is 1. The molecule has 4 rings (SSSR count). The van der Waals surface area contributed by atoms with Gasteiger partial charge in [0.25, 0.3) is 0 Å². The van der Waals surface area contributed by atoms with Crippen molar-refractivity contribution in [2.45, 2.75) is 32.9 Å². The predicted octanol–water partition coefficient (Wildman–Crippen LogP) is 4.51. The molecule has 3 aromatic rings. The van der Waals surface area contributed by atoms with Crippen LogP contribution in [0, 0.1) is 0 Å². The third kappa shape index (κ3) is 3.46. The lowest BCUT2D eigenvalue weighted by Crippen LogP contribution is -2.31. The van der Waals surface area contributed by atoms with Gasteiger partial charge in [0.15, 0.2) is 11.6 Å². The van der Waals surface area contributed by atoms with Crippen LogP contribution >= 0.6 is 11.6 Å². The second kappa shape index (κ2) is 6.98. The molecule has 0 radical (unpaired) electrons. The summed E-state index contributed by atoms with van der Waals surface area (Å²) in [6.07, 6.45) is 1.73. The van der Waals surface area contributed by atoms with E-state index in [0.717, 1.165) is 49.5 Å². The van der Waals surface area contributed by atoms with Crippen molar-refractivity contribution in [3.8, 4) is 11.6 Å². The van der Waals surface area contributed by atoms with Crippen LogP contribution in [0.4, 0.5) is 0 Å². The van der Waals surface area contributed by atoms with Crippen molar-refractivity contribution in [2.75, 3.05) is 6.54 Å². The zero-order valence-corrected chi connectivity index (χ0v) is 15.0. The van der Waals surface area contributed by atoms with Gasteiger partial charge in [0.05, 0.1) is 5.69 Å². The minimum Gasteiger partial charge on any atom is -0.458 e. The number of nitrogens with zero attached hydrogens (tertiary/aromatic N) is 3. The summed E-state index contributed by atoms with van der Waals surface area (Å²) in [4.78, 5) is 11.6. The van der Waals surface area contributed by atoms with Crippen molar-refractivity contribution >= 4 is 11.6 Å². The fourth-order valence-corrected chi connectivity index (χ4v) is 3.45. The lowest BCUT2D eigenvalue weighted by molar-refractivity contribution is 0.243. The minimum absolute atomic E-state index is 0.534. The smallest absolute Gasteiger partial charge is 0.197 e. The Morgan fingerprint density at radius 3 is 2.72 bits per heavy atom. The Labute approximate surface area is 152 Å². The molecule has 128 valence electrons. The van der Waals surface area contributed by atoms with Gasteiger partial charge in [0.1, 0.15) is 10.9 Å². The zero-order valence-electron chi connectivity index (χ0n) is 14.2. The second-order valence-electron chi connectivity index (χ2n) is 6.33. The molecule has 0 saturated heterocycles. The fraction of sp³-hybridized carbons (Fsp3) is 0.300. The van der Waals surface area contributed by atoms with Gasteiger partial charge in [-0.1, -0.05) is 48.9 Å². The van der Waals surface area contributed by atoms with Gasteiger partial charge in [0, 0.05) is 38.0 Å². The van der Waals surface area contributed by atoms with Crippen molar-refractivity contribution < 1.29 is 4.42 Å². The van der Waals surface area contributed by atoms with Gasteiger partial charge < -0.3 is 4.42 Å². The van der Waals surface area contributed by atoms with Crippen LogP contribution in [-0.2, 0) is 25.9 Å². The maximum atomic E-state index is 6.49. The van der Waals surface area contributed by atoms with E-state index in [0.29, 0.717) is 16.7 Å². The number of rotatable bonds is 4. The first-order chi connectivity index (χ1) is 12.2. The van der Waals surface area contributed by atoms with Crippen LogP contribution in [0.3, 0.4) is 0 Å². The van der Waals surface area contributed by atoms with E-state index in [1.54, 1.807) is 0 Å². The topological polar surface area (TPSA) is 42.2 Å². The third-order valence-electron chi connectivity index (χ3n) is 4.57. The van der Waals surface area contributed by atoms with Crippen LogP contribution in [0.25, 0.3) is 11.6 Å². The standard InChI is InChI=1S/C20H20ClN3O/c1-2-15-8-9-18(25-15)20-22-17-10-11-24(13-16(17)19(21)23-20)12-14-6-4-3-5-7-14/h3-9H,2,10-13H2,1H3. The number of hydrogen-bond donors (Lipinski definition) is 0. The first kappa shape index (κ1) is 16.3. The van der Waals surface area contributed by atoms with Crippen LogP contribution in [0.1, 0.15) is 29.5 Å². The Morgan fingerprint density at radius 1 is 1.12 bits per heavy atom. The molecular weight excluding hydrogens is 334 g/mol. The van der Waals surface area contributed by atoms with Gasteiger partial charge in [-0.05, 0) is 17.7 Å². The molecule has 0 N–H and O–H groups in total. The van der Waals surface area contributed by atoms with Crippen LogP contribution in [0.15, 0.2) is 46.9 Å². The maximum absolute atomic E-state index is 6.49. The molecule has 0 bridgehead atoms. The highest BCUT2D eigenvalue weighted by atomic mass is 35.5. The summed E-state index contributed by atoms with van der Waals surface area (Å²) in [7, 11) is 0. The average molecular weight is 354 g/mol. The molecule has 0 unspecified atom stereocenters. The highest BCUT2D eigenvalue weighted by molar-refractivity contribution is 6.30. The maximum Gasteiger partial charge on any atom is 0.197 e. The van der Waals surface area contributed by atoms with Crippen molar-refractivity contribution in [2.24, 2.45) is 0 Å². The van der Waals surface area contributed by atoms with Crippen molar-refractivity contribution in [1.29, 1.82) is 0 Å². The molecule has 1 aliphatic rings. The molecule has 1 aliphatic heterocycles. The molecule has 0 spiro atoms. The molecule has 25 heavy (non-hydrogen) atoms. The van der Waals surface area contributed by atoms with Gasteiger partial charge in [-0.2, -0.15) is 0 Å². The number of hydrogen-bond acceptors (Lipinski definition) is 4. The van der Waals surface area contributed by atoms with Gasteiger partial charge in [-0.3, -0.25) is 4.90 Å². The van der Waals surface area contributed by atoms with E-state index in [9.17, 15) is 0 Å². The van der Waals surface area contributed by atoms with Crippen molar-refractivity contribution in [1.82, 2.24) is 14.9 Å². The number of aryl methyl sites for hydroxylation is 1. The number of halogens is 1. The van der Waals surface area contributed by atoms with Gasteiger partial charge in [-0.15, -0.1) is 0 Å². The van der Waals surface area contributed by atoms with E-state index in [1.165, 1.54) is 5.56 Å². The van der Waals surface area contributed by atoms with E-state index in [1.807, 2.05) is 18.2 Å². The lowest BCUT2D eigenvalue weighted by atomic mass is 10.1. The van der Waals surface area contributed by atoms with Crippen LogP contribution in [0.2, 0.25) is 5.15 Å². The number of benzene rings is 1. The van der Waals surface area contributed by atoms with Crippen molar-refractivity contribution in [3.63, 3.8) is 0 Å². The van der Waals surface area contributed by atoms with E-state index in [4.69, 9.17) is 21.0 Å². The van der Waals surface area contributed by atoms with Crippen molar-refractivity contribution in [3.05, 3.63) is 70.2 Å². The number of aromatic nitrogens is 2. The highest BCUT2D eigenvalue weighted by Crippen LogP contribution is 2.28. The third-order valence-corrected chi connectivity index (χ3v) is 4.88. The van der Waals surface area contributed by atoms with Crippen LogP contribution < -0.4 is 0 Å². The predicted molar refractivity (Wildman–Crippen MR) is 98.4 cm³/mol. The average Bonchev–Trinajstić information content (AvgIpc) is 3.12. The minimum atomic E-state index is 0.534. The Bertz CT molecular complexity index is 876. The number of furan rings is 1. The molecule has 0 atom stereocenters. The van der Waals surface area contributed by atoms with E-state index in [-0.39, 0.29) is 0 Å². The Hall–Kier alpha value is -2.17. The molecule has 3 heterocycles. The Morgan fingerprint density at radius 2 is 1.96 bits per heavy atom. The lowest BCUT2D eigenvalue weighted by Gasteiger charge is -2.28. The summed E-state index contributed by atoms with van der Waals surface area (Å²) < 4.78 is 5.77.